The molecule has 5 heteroatoms. The molecular weight excluding hydrogens is 318 g/mol. The fourth-order valence-electron chi connectivity index (χ4n) is 2.99. The van der Waals surface area contributed by atoms with Gasteiger partial charge in [-0.3, -0.25) is 4.79 Å². The van der Waals surface area contributed by atoms with Gasteiger partial charge in [-0.1, -0.05) is 30.3 Å². The molecule has 0 spiro atoms. The van der Waals surface area contributed by atoms with Gasteiger partial charge in [0.2, 0.25) is 0 Å². The van der Waals surface area contributed by atoms with Crippen LogP contribution >= 0.6 is 0 Å². The molecular formula is C20H23NO4. The van der Waals surface area contributed by atoms with E-state index in [0.29, 0.717) is 28.7 Å². The van der Waals surface area contributed by atoms with Gasteiger partial charge >= 0.3 is 0 Å². The van der Waals surface area contributed by atoms with E-state index in [2.05, 4.69) is 17.4 Å². The Morgan fingerprint density at radius 2 is 1.56 bits per heavy atom. The number of methoxy groups -OCH3 is 3. The van der Waals surface area contributed by atoms with E-state index in [1.807, 2.05) is 18.2 Å². The maximum Gasteiger partial charge on any atom is 0.255 e. The highest BCUT2D eigenvalue weighted by Gasteiger charge is 2.34. The first kappa shape index (κ1) is 17.1. The van der Waals surface area contributed by atoms with Crippen molar-refractivity contribution in [3.8, 4) is 17.2 Å². The van der Waals surface area contributed by atoms with Crippen LogP contribution in [0, 0.1) is 5.92 Å². The Bertz CT molecular complexity index is 741. The summed E-state index contributed by atoms with van der Waals surface area (Å²) in [4.78, 5) is 12.9. The Labute approximate surface area is 147 Å². The predicted molar refractivity (Wildman–Crippen MR) is 95.5 cm³/mol. The Hall–Kier alpha value is -2.69. The minimum atomic E-state index is -0.182. The summed E-state index contributed by atoms with van der Waals surface area (Å²) in [5.74, 6) is 1.78. The van der Waals surface area contributed by atoms with Crippen molar-refractivity contribution < 1.29 is 19.0 Å². The summed E-state index contributed by atoms with van der Waals surface area (Å²) in [5.41, 5.74) is 1.56. The lowest BCUT2D eigenvalue weighted by molar-refractivity contribution is 0.0928. The van der Waals surface area contributed by atoms with Crippen molar-refractivity contribution in [2.24, 2.45) is 5.92 Å². The molecule has 1 saturated carbocycles. The van der Waals surface area contributed by atoms with Crippen LogP contribution in [0.5, 0.6) is 17.2 Å². The third kappa shape index (κ3) is 3.71. The molecule has 1 amide bonds. The summed E-state index contributed by atoms with van der Waals surface area (Å²) in [5, 5.41) is 3.16. The van der Waals surface area contributed by atoms with E-state index in [4.69, 9.17) is 14.2 Å². The van der Waals surface area contributed by atoms with Gasteiger partial charge in [-0.25, -0.2) is 0 Å². The van der Waals surface area contributed by atoms with Crippen molar-refractivity contribution >= 4 is 5.91 Å². The number of carbonyl (C=O) groups is 1. The summed E-state index contributed by atoms with van der Waals surface area (Å²) >= 11 is 0. The molecule has 3 rings (SSSR count). The highest BCUT2D eigenvalue weighted by atomic mass is 16.5. The second-order valence-corrected chi connectivity index (χ2v) is 6.11. The fraction of sp³-hybridized carbons (Fsp3) is 0.350. The van der Waals surface area contributed by atoms with Gasteiger partial charge in [-0.15, -0.1) is 0 Å². The van der Waals surface area contributed by atoms with Crippen LogP contribution in [0.4, 0.5) is 0 Å². The average molecular weight is 341 g/mol. The number of amides is 1. The highest BCUT2D eigenvalue weighted by Crippen LogP contribution is 2.41. The Morgan fingerprint density at radius 3 is 2.12 bits per heavy atom. The predicted octanol–water partition coefficient (Wildman–Crippen LogP) is 3.59. The first-order chi connectivity index (χ1) is 12.2. The first-order valence-corrected chi connectivity index (χ1v) is 8.33. The SMILES string of the molecule is COc1cc(OC)c(C(=O)NC(c2ccccc2)C2CC2)cc1OC. The number of benzene rings is 2. The number of carbonyl (C=O) groups excluding carboxylic acids is 1. The zero-order chi connectivity index (χ0) is 17.8. The van der Waals surface area contributed by atoms with E-state index in [1.54, 1.807) is 26.4 Å². The molecule has 1 N–H and O–H groups in total. The summed E-state index contributed by atoms with van der Waals surface area (Å²) in [6.45, 7) is 0. The molecule has 0 bridgehead atoms. The zero-order valence-electron chi connectivity index (χ0n) is 14.7. The molecule has 132 valence electrons. The van der Waals surface area contributed by atoms with E-state index < -0.39 is 0 Å². The summed E-state index contributed by atoms with van der Waals surface area (Å²) in [7, 11) is 4.63. The molecule has 0 aliphatic heterocycles. The standard InChI is InChI=1S/C20H23NO4/c1-23-16-12-18(25-3)17(24-2)11-15(16)20(22)21-19(14-9-10-14)13-7-5-4-6-8-13/h4-8,11-12,14,19H,9-10H2,1-3H3,(H,21,22). The highest BCUT2D eigenvalue weighted by molar-refractivity contribution is 5.98. The van der Waals surface area contributed by atoms with Crippen LogP contribution < -0.4 is 19.5 Å². The number of hydrogen-bond acceptors (Lipinski definition) is 4. The van der Waals surface area contributed by atoms with Crippen LogP contribution in [-0.4, -0.2) is 27.2 Å². The summed E-state index contributed by atoms with van der Waals surface area (Å²) in [6.07, 6.45) is 2.26. The molecule has 25 heavy (non-hydrogen) atoms. The van der Waals surface area contributed by atoms with Crippen LogP contribution in [0.3, 0.4) is 0 Å². The van der Waals surface area contributed by atoms with Crippen molar-refractivity contribution in [1.29, 1.82) is 0 Å². The Kier molecular flexibility index (Phi) is 5.12. The van der Waals surface area contributed by atoms with Crippen molar-refractivity contribution in [3.05, 3.63) is 53.6 Å². The molecule has 2 aromatic carbocycles. The van der Waals surface area contributed by atoms with E-state index in [0.717, 1.165) is 18.4 Å². The molecule has 1 atom stereocenters. The number of ether oxygens (including phenoxy) is 3. The minimum Gasteiger partial charge on any atom is -0.496 e. The number of rotatable bonds is 7. The van der Waals surface area contributed by atoms with Gasteiger partial charge in [0.15, 0.2) is 11.5 Å². The lowest BCUT2D eigenvalue weighted by Gasteiger charge is -2.20. The molecule has 1 aliphatic rings. The minimum absolute atomic E-state index is 0.00602. The Balaban J connectivity index is 1.89. The van der Waals surface area contributed by atoms with Crippen molar-refractivity contribution in [2.45, 2.75) is 18.9 Å². The smallest absolute Gasteiger partial charge is 0.255 e. The van der Waals surface area contributed by atoms with Gasteiger partial charge in [-0.05, 0) is 24.3 Å². The summed E-state index contributed by atoms with van der Waals surface area (Å²) < 4.78 is 16.0. The van der Waals surface area contributed by atoms with Crippen LogP contribution in [-0.2, 0) is 0 Å². The second kappa shape index (κ2) is 7.47. The molecule has 1 unspecified atom stereocenters. The van der Waals surface area contributed by atoms with E-state index in [-0.39, 0.29) is 11.9 Å². The lowest BCUT2D eigenvalue weighted by Crippen LogP contribution is -2.30. The first-order valence-electron chi connectivity index (χ1n) is 8.33. The number of hydrogen-bond donors (Lipinski definition) is 1. The van der Waals surface area contributed by atoms with Crippen LogP contribution in [0.25, 0.3) is 0 Å². The van der Waals surface area contributed by atoms with E-state index in [1.165, 1.54) is 7.11 Å². The largest absolute Gasteiger partial charge is 0.496 e. The molecule has 0 saturated heterocycles. The monoisotopic (exact) mass is 341 g/mol. The fourth-order valence-corrected chi connectivity index (χ4v) is 2.99. The maximum atomic E-state index is 12.9. The second-order valence-electron chi connectivity index (χ2n) is 6.11. The molecule has 5 nitrogen and oxygen atoms in total. The molecule has 1 aliphatic carbocycles. The van der Waals surface area contributed by atoms with E-state index in [9.17, 15) is 4.79 Å². The Morgan fingerprint density at radius 1 is 0.960 bits per heavy atom. The molecule has 1 fully saturated rings. The normalized spacial score (nSPS) is 14.5. The number of nitrogens with one attached hydrogen (secondary N) is 1. The van der Waals surface area contributed by atoms with Gasteiger partial charge in [0, 0.05) is 12.1 Å². The topological polar surface area (TPSA) is 56.8 Å². The van der Waals surface area contributed by atoms with Crippen molar-refractivity contribution in [2.75, 3.05) is 21.3 Å². The zero-order valence-corrected chi connectivity index (χ0v) is 14.7. The van der Waals surface area contributed by atoms with Crippen LogP contribution in [0.1, 0.15) is 34.8 Å². The van der Waals surface area contributed by atoms with Gasteiger partial charge in [0.1, 0.15) is 5.75 Å². The third-order valence-electron chi connectivity index (χ3n) is 4.49. The van der Waals surface area contributed by atoms with Gasteiger partial charge < -0.3 is 19.5 Å². The van der Waals surface area contributed by atoms with Crippen LogP contribution in [0.15, 0.2) is 42.5 Å². The quantitative estimate of drug-likeness (QED) is 0.836. The van der Waals surface area contributed by atoms with E-state index >= 15 is 0 Å². The third-order valence-corrected chi connectivity index (χ3v) is 4.49. The lowest BCUT2D eigenvalue weighted by atomic mass is 10.0. The molecule has 0 heterocycles. The van der Waals surface area contributed by atoms with Crippen molar-refractivity contribution in [1.82, 2.24) is 5.32 Å². The molecule has 0 radical (unpaired) electrons. The van der Waals surface area contributed by atoms with Gasteiger partial charge in [-0.2, -0.15) is 0 Å². The maximum absolute atomic E-state index is 12.9. The average Bonchev–Trinajstić information content (AvgIpc) is 3.50. The van der Waals surface area contributed by atoms with Gasteiger partial charge in [0.05, 0.1) is 32.9 Å². The molecule has 0 aromatic heterocycles. The van der Waals surface area contributed by atoms with Crippen LogP contribution in [0.2, 0.25) is 0 Å². The van der Waals surface area contributed by atoms with Gasteiger partial charge in [0.25, 0.3) is 5.91 Å². The molecule has 2 aromatic rings. The van der Waals surface area contributed by atoms with Crippen molar-refractivity contribution in [3.63, 3.8) is 0 Å². The summed E-state index contributed by atoms with van der Waals surface area (Å²) in [6, 6.07) is 13.4.